The Balaban J connectivity index is 1.85. The second-order valence-electron chi connectivity index (χ2n) is 9.34. The van der Waals surface area contributed by atoms with Gasteiger partial charge in [-0.2, -0.15) is 0 Å². The summed E-state index contributed by atoms with van der Waals surface area (Å²) in [7, 11) is -3.78. The molecule has 9 heteroatoms. The second kappa shape index (κ2) is 13.1. The molecular weight excluding hydrogens is 498 g/mol. The molecule has 0 unspecified atom stereocenters. The summed E-state index contributed by atoms with van der Waals surface area (Å²) in [6, 6.07) is 15.5. The average molecular weight is 534 g/mol. The van der Waals surface area contributed by atoms with Gasteiger partial charge in [-0.15, -0.1) is 0 Å². The summed E-state index contributed by atoms with van der Waals surface area (Å²) in [5.74, 6) is -0.610. The van der Waals surface area contributed by atoms with Crippen molar-refractivity contribution in [2.75, 3.05) is 23.7 Å². The van der Waals surface area contributed by atoms with Crippen molar-refractivity contribution in [1.82, 2.24) is 10.2 Å². The maximum Gasteiger partial charge on any atom is 0.244 e. The molecule has 1 aliphatic carbocycles. The molecule has 0 bridgehead atoms. The highest BCUT2D eigenvalue weighted by Gasteiger charge is 2.32. The van der Waals surface area contributed by atoms with Crippen molar-refractivity contribution in [2.45, 2.75) is 64.0 Å². The van der Waals surface area contributed by atoms with Gasteiger partial charge in [-0.25, -0.2) is 8.42 Å². The predicted molar refractivity (Wildman–Crippen MR) is 145 cm³/mol. The lowest BCUT2D eigenvalue weighted by molar-refractivity contribution is -0.140. The number of nitrogens with zero attached hydrogens (tertiary/aromatic N) is 2. The molecule has 0 heterocycles. The smallest absolute Gasteiger partial charge is 0.244 e. The van der Waals surface area contributed by atoms with E-state index in [2.05, 4.69) is 5.32 Å². The number of nitrogens with one attached hydrogen (secondary N) is 1. The van der Waals surface area contributed by atoms with Crippen molar-refractivity contribution in [1.29, 1.82) is 0 Å². The number of hydrogen-bond donors (Lipinski definition) is 1. The Morgan fingerprint density at radius 3 is 2.36 bits per heavy atom. The van der Waals surface area contributed by atoms with E-state index in [1.807, 2.05) is 37.3 Å². The summed E-state index contributed by atoms with van der Waals surface area (Å²) in [5.41, 5.74) is 1.34. The normalized spacial score (nSPS) is 15.2. The van der Waals surface area contributed by atoms with Gasteiger partial charge in [0.15, 0.2) is 0 Å². The molecule has 0 spiro atoms. The maximum absolute atomic E-state index is 13.7. The van der Waals surface area contributed by atoms with Crippen molar-refractivity contribution in [3.63, 3.8) is 0 Å². The lowest BCUT2D eigenvalue weighted by Gasteiger charge is -2.34. The number of carbonyl (C=O) groups excluding carboxylic acids is 2. The van der Waals surface area contributed by atoms with E-state index in [0.717, 1.165) is 41.8 Å². The molecule has 0 aliphatic heterocycles. The van der Waals surface area contributed by atoms with Crippen LogP contribution in [0.25, 0.3) is 0 Å². The summed E-state index contributed by atoms with van der Waals surface area (Å²) in [6.07, 6.45) is 7.26. The van der Waals surface area contributed by atoms with E-state index in [0.29, 0.717) is 30.1 Å². The molecule has 1 fully saturated rings. The molecule has 2 amide bonds. The molecule has 36 heavy (non-hydrogen) atoms. The minimum atomic E-state index is -3.78. The second-order valence-corrected chi connectivity index (χ2v) is 11.7. The van der Waals surface area contributed by atoms with Crippen LogP contribution in [0.5, 0.6) is 0 Å². The first-order valence-electron chi connectivity index (χ1n) is 12.6. The molecule has 1 saturated carbocycles. The molecule has 1 N–H and O–H groups in total. The fraction of sp³-hybridized carbons (Fsp3) is 0.481. The third-order valence-electron chi connectivity index (χ3n) is 6.60. The first-order chi connectivity index (χ1) is 17.2. The Labute approximate surface area is 219 Å². The SMILES string of the molecule is CC[C@H](C(=O)NC1CCCCC1)N(CCc1ccccc1)C(=O)CN(c1cccc(Cl)c1)S(C)(=O)=O. The van der Waals surface area contributed by atoms with Crippen LogP contribution in [0.4, 0.5) is 5.69 Å². The highest BCUT2D eigenvalue weighted by molar-refractivity contribution is 7.92. The number of halogens is 1. The molecule has 2 aromatic carbocycles. The Morgan fingerprint density at radius 2 is 1.75 bits per heavy atom. The van der Waals surface area contributed by atoms with Gasteiger partial charge in [0.05, 0.1) is 11.9 Å². The first kappa shape index (κ1) is 28.0. The van der Waals surface area contributed by atoms with Crippen LogP contribution in [0.3, 0.4) is 0 Å². The Bertz CT molecular complexity index is 1120. The molecule has 3 rings (SSSR count). The van der Waals surface area contributed by atoms with E-state index in [1.54, 1.807) is 18.2 Å². The lowest BCUT2D eigenvalue weighted by atomic mass is 9.95. The number of hydrogen-bond acceptors (Lipinski definition) is 4. The molecule has 2 aromatic rings. The fourth-order valence-corrected chi connectivity index (χ4v) is 5.71. The van der Waals surface area contributed by atoms with Gasteiger partial charge in [-0.3, -0.25) is 13.9 Å². The summed E-state index contributed by atoms with van der Waals surface area (Å²) in [6.45, 7) is 1.76. The maximum atomic E-state index is 13.7. The third kappa shape index (κ3) is 7.96. The number of carbonyl (C=O) groups is 2. The van der Waals surface area contributed by atoms with Crippen molar-refractivity contribution in [2.24, 2.45) is 0 Å². The van der Waals surface area contributed by atoms with Gasteiger partial charge >= 0.3 is 0 Å². The lowest BCUT2D eigenvalue weighted by Crippen LogP contribution is -2.54. The van der Waals surface area contributed by atoms with E-state index >= 15 is 0 Å². The van der Waals surface area contributed by atoms with Gasteiger partial charge < -0.3 is 10.2 Å². The highest BCUT2D eigenvalue weighted by Crippen LogP contribution is 2.23. The van der Waals surface area contributed by atoms with Crippen molar-refractivity contribution in [3.8, 4) is 0 Å². The average Bonchev–Trinajstić information content (AvgIpc) is 2.85. The molecule has 0 radical (unpaired) electrons. The monoisotopic (exact) mass is 533 g/mol. The van der Waals surface area contributed by atoms with Crippen LogP contribution in [0.2, 0.25) is 5.02 Å². The summed E-state index contributed by atoms with van der Waals surface area (Å²) >= 11 is 6.09. The van der Waals surface area contributed by atoms with Crippen LogP contribution in [0, 0.1) is 0 Å². The largest absolute Gasteiger partial charge is 0.352 e. The molecule has 0 saturated heterocycles. The topological polar surface area (TPSA) is 86.8 Å². The van der Waals surface area contributed by atoms with Crippen molar-refractivity contribution in [3.05, 3.63) is 65.2 Å². The summed E-state index contributed by atoms with van der Waals surface area (Å²) in [4.78, 5) is 28.6. The first-order valence-corrected chi connectivity index (χ1v) is 14.8. The Morgan fingerprint density at radius 1 is 1.06 bits per heavy atom. The van der Waals surface area contributed by atoms with Crippen LogP contribution < -0.4 is 9.62 Å². The van der Waals surface area contributed by atoms with Crippen LogP contribution in [0.1, 0.15) is 51.0 Å². The van der Waals surface area contributed by atoms with E-state index in [1.165, 1.54) is 17.4 Å². The molecule has 196 valence electrons. The summed E-state index contributed by atoms with van der Waals surface area (Å²) < 4.78 is 26.3. The van der Waals surface area contributed by atoms with Crippen LogP contribution >= 0.6 is 11.6 Å². The molecule has 0 aromatic heterocycles. The minimum Gasteiger partial charge on any atom is -0.352 e. The van der Waals surface area contributed by atoms with E-state index < -0.39 is 28.5 Å². The van der Waals surface area contributed by atoms with Gasteiger partial charge in [0.25, 0.3) is 0 Å². The minimum absolute atomic E-state index is 0.116. The number of rotatable bonds is 11. The summed E-state index contributed by atoms with van der Waals surface area (Å²) in [5, 5.41) is 3.51. The molecule has 1 aliphatic rings. The highest BCUT2D eigenvalue weighted by atomic mass is 35.5. The standard InChI is InChI=1S/C27H36ClN3O4S/c1-3-25(27(33)29-23-14-8-5-9-15-23)30(18-17-21-11-6-4-7-12-21)26(32)20-31(36(2,34)35)24-16-10-13-22(28)19-24/h4,6-7,10-13,16,19,23,25H,3,5,8-9,14-15,17-18,20H2,1-2H3,(H,29,33)/t25-/m1/s1. The van der Waals surface area contributed by atoms with Crippen LogP contribution in [-0.2, 0) is 26.0 Å². The van der Waals surface area contributed by atoms with Gasteiger partial charge in [0.1, 0.15) is 12.6 Å². The van der Waals surface area contributed by atoms with Gasteiger partial charge in [-0.05, 0) is 49.4 Å². The zero-order valence-electron chi connectivity index (χ0n) is 21.0. The Hall–Kier alpha value is -2.58. The molecular formula is C27H36ClN3O4S. The zero-order chi connectivity index (χ0) is 26.1. The van der Waals surface area contributed by atoms with Crippen LogP contribution in [-0.4, -0.2) is 56.6 Å². The Kier molecular flexibility index (Phi) is 10.2. The van der Waals surface area contributed by atoms with E-state index in [9.17, 15) is 18.0 Å². The zero-order valence-corrected chi connectivity index (χ0v) is 22.6. The van der Waals surface area contributed by atoms with Crippen molar-refractivity contribution >= 4 is 39.1 Å². The molecule has 7 nitrogen and oxygen atoms in total. The van der Waals surface area contributed by atoms with Gasteiger partial charge in [0, 0.05) is 17.6 Å². The van der Waals surface area contributed by atoms with Crippen LogP contribution in [0.15, 0.2) is 54.6 Å². The third-order valence-corrected chi connectivity index (χ3v) is 7.97. The predicted octanol–water partition coefficient (Wildman–Crippen LogP) is 4.40. The molecule has 1 atom stereocenters. The van der Waals surface area contributed by atoms with E-state index in [-0.39, 0.29) is 11.9 Å². The number of amides is 2. The number of benzene rings is 2. The van der Waals surface area contributed by atoms with Gasteiger partial charge in [-0.1, -0.05) is 74.2 Å². The number of sulfonamides is 1. The quantitative estimate of drug-likeness (QED) is 0.463. The van der Waals surface area contributed by atoms with Crippen molar-refractivity contribution < 1.29 is 18.0 Å². The van der Waals surface area contributed by atoms with E-state index in [4.69, 9.17) is 11.6 Å². The fourth-order valence-electron chi connectivity index (χ4n) is 4.69. The van der Waals surface area contributed by atoms with Gasteiger partial charge in [0.2, 0.25) is 21.8 Å². The number of anilines is 1.